The molecule has 1 saturated carbocycles. The molecule has 1 unspecified atom stereocenters. The van der Waals surface area contributed by atoms with E-state index in [1.54, 1.807) is 0 Å². The summed E-state index contributed by atoms with van der Waals surface area (Å²) in [7, 11) is 0. The number of nitrogens with two attached hydrogens (primary N) is 1. The van der Waals surface area contributed by atoms with Crippen molar-refractivity contribution in [3.63, 3.8) is 0 Å². The van der Waals surface area contributed by atoms with Crippen molar-refractivity contribution < 1.29 is 9.53 Å². The lowest BCUT2D eigenvalue weighted by atomic mass is 9.89. The van der Waals surface area contributed by atoms with Gasteiger partial charge in [-0.1, -0.05) is 18.2 Å². The van der Waals surface area contributed by atoms with Gasteiger partial charge >= 0.3 is 0 Å². The van der Waals surface area contributed by atoms with Gasteiger partial charge in [-0.2, -0.15) is 0 Å². The first-order valence-corrected chi connectivity index (χ1v) is 7.51. The minimum Gasteiger partial charge on any atom is -0.493 e. The highest BCUT2D eigenvalue weighted by atomic mass is 16.5. The SMILES string of the molecule is NC1CCC(NC(=O)C2CCOc3ccccc32)CC1. The standard InChI is InChI=1S/C16H22N2O2/c17-11-5-7-12(8-6-11)18-16(19)14-9-10-20-15-4-2-1-3-13(14)15/h1-4,11-12,14H,5-10,17H2,(H,18,19). The molecule has 3 rings (SSSR count). The summed E-state index contributed by atoms with van der Waals surface area (Å²) in [6.45, 7) is 0.616. The van der Waals surface area contributed by atoms with Crippen molar-refractivity contribution in [2.45, 2.75) is 50.1 Å². The van der Waals surface area contributed by atoms with Gasteiger partial charge in [0.2, 0.25) is 5.91 Å². The molecular formula is C16H22N2O2. The molecule has 0 saturated heterocycles. The van der Waals surface area contributed by atoms with Crippen LogP contribution in [-0.2, 0) is 4.79 Å². The zero-order valence-electron chi connectivity index (χ0n) is 11.7. The van der Waals surface area contributed by atoms with Gasteiger partial charge in [0.25, 0.3) is 0 Å². The molecule has 1 aliphatic heterocycles. The Morgan fingerprint density at radius 1 is 1.15 bits per heavy atom. The second-order valence-corrected chi connectivity index (χ2v) is 5.85. The highest BCUT2D eigenvalue weighted by Crippen LogP contribution is 2.33. The molecule has 0 radical (unpaired) electrons. The number of hydrogen-bond acceptors (Lipinski definition) is 3. The van der Waals surface area contributed by atoms with Crippen LogP contribution in [0.2, 0.25) is 0 Å². The van der Waals surface area contributed by atoms with E-state index in [2.05, 4.69) is 5.32 Å². The number of fused-ring (bicyclic) bond motifs is 1. The summed E-state index contributed by atoms with van der Waals surface area (Å²) in [5.41, 5.74) is 6.92. The molecule has 1 amide bonds. The topological polar surface area (TPSA) is 64.3 Å². The first-order valence-electron chi connectivity index (χ1n) is 7.51. The van der Waals surface area contributed by atoms with Gasteiger partial charge in [0, 0.05) is 17.6 Å². The van der Waals surface area contributed by atoms with Crippen LogP contribution >= 0.6 is 0 Å². The van der Waals surface area contributed by atoms with Crippen LogP contribution in [0.4, 0.5) is 0 Å². The molecule has 1 fully saturated rings. The third-order valence-corrected chi connectivity index (χ3v) is 4.39. The molecule has 3 N–H and O–H groups in total. The highest BCUT2D eigenvalue weighted by molar-refractivity contribution is 5.85. The molecule has 1 aromatic carbocycles. The zero-order chi connectivity index (χ0) is 13.9. The number of amides is 1. The normalized spacial score (nSPS) is 29.1. The molecule has 1 aliphatic carbocycles. The van der Waals surface area contributed by atoms with Crippen LogP contribution in [0.3, 0.4) is 0 Å². The minimum absolute atomic E-state index is 0.0736. The van der Waals surface area contributed by atoms with Crippen LogP contribution in [0.5, 0.6) is 5.75 Å². The van der Waals surface area contributed by atoms with E-state index in [4.69, 9.17) is 10.5 Å². The fourth-order valence-corrected chi connectivity index (χ4v) is 3.18. The first kappa shape index (κ1) is 13.4. The van der Waals surface area contributed by atoms with Crippen molar-refractivity contribution in [1.29, 1.82) is 0 Å². The summed E-state index contributed by atoms with van der Waals surface area (Å²) in [4.78, 5) is 12.5. The molecule has 20 heavy (non-hydrogen) atoms. The third-order valence-electron chi connectivity index (χ3n) is 4.39. The van der Waals surface area contributed by atoms with Crippen LogP contribution in [0.15, 0.2) is 24.3 Å². The smallest absolute Gasteiger partial charge is 0.228 e. The largest absolute Gasteiger partial charge is 0.493 e. The number of rotatable bonds is 2. The maximum absolute atomic E-state index is 12.5. The fourth-order valence-electron chi connectivity index (χ4n) is 3.18. The van der Waals surface area contributed by atoms with Crippen LogP contribution < -0.4 is 15.8 Å². The average molecular weight is 274 g/mol. The molecule has 4 heteroatoms. The number of carbonyl (C=O) groups excluding carboxylic acids is 1. The van der Waals surface area contributed by atoms with Crippen LogP contribution in [0.25, 0.3) is 0 Å². The zero-order valence-corrected chi connectivity index (χ0v) is 11.7. The number of benzene rings is 1. The average Bonchev–Trinajstić information content (AvgIpc) is 2.49. The lowest BCUT2D eigenvalue weighted by Crippen LogP contribution is -2.43. The summed E-state index contributed by atoms with van der Waals surface area (Å²) in [5, 5.41) is 3.20. The van der Waals surface area contributed by atoms with E-state index in [-0.39, 0.29) is 17.9 Å². The Morgan fingerprint density at radius 2 is 1.90 bits per heavy atom. The van der Waals surface area contributed by atoms with Crippen molar-refractivity contribution in [2.75, 3.05) is 6.61 Å². The quantitative estimate of drug-likeness (QED) is 0.866. The monoisotopic (exact) mass is 274 g/mol. The van der Waals surface area contributed by atoms with Crippen molar-refractivity contribution in [3.8, 4) is 5.75 Å². The summed E-state index contributed by atoms with van der Waals surface area (Å²) in [6, 6.07) is 8.45. The Morgan fingerprint density at radius 3 is 2.70 bits per heavy atom. The molecule has 0 aromatic heterocycles. The number of nitrogens with one attached hydrogen (secondary N) is 1. The van der Waals surface area contributed by atoms with Gasteiger partial charge in [0.1, 0.15) is 5.75 Å². The highest BCUT2D eigenvalue weighted by Gasteiger charge is 2.29. The van der Waals surface area contributed by atoms with Crippen LogP contribution in [-0.4, -0.2) is 24.6 Å². The fraction of sp³-hybridized carbons (Fsp3) is 0.562. The molecular weight excluding hydrogens is 252 g/mol. The molecule has 2 aliphatic rings. The molecule has 108 valence electrons. The number of para-hydroxylation sites is 1. The van der Waals surface area contributed by atoms with E-state index in [9.17, 15) is 4.79 Å². The second-order valence-electron chi connectivity index (χ2n) is 5.85. The maximum atomic E-state index is 12.5. The Balaban J connectivity index is 1.66. The second kappa shape index (κ2) is 5.83. The van der Waals surface area contributed by atoms with E-state index in [0.29, 0.717) is 12.6 Å². The van der Waals surface area contributed by atoms with Gasteiger partial charge in [0.05, 0.1) is 12.5 Å². The number of ether oxygens (including phenoxy) is 1. The maximum Gasteiger partial charge on any atom is 0.228 e. The van der Waals surface area contributed by atoms with Crippen LogP contribution in [0, 0.1) is 0 Å². The van der Waals surface area contributed by atoms with E-state index in [0.717, 1.165) is 43.4 Å². The van der Waals surface area contributed by atoms with E-state index < -0.39 is 0 Å². The van der Waals surface area contributed by atoms with Gasteiger partial charge in [-0.25, -0.2) is 0 Å². The van der Waals surface area contributed by atoms with Crippen molar-refractivity contribution in [2.24, 2.45) is 5.73 Å². The van der Waals surface area contributed by atoms with Gasteiger partial charge < -0.3 is 15.8 Å². The Kier molecular flexibility index (Phi) is 3.92. The lowest BCUT2D eigenvalue weighted by Gasteiger charge is -2.30. The van der Waals surface area contributed by atoms with Gasteiger partial charge in [-0.15, -0.1) is 0 Å². The molecule has 0 bridgehead atoms. The first-order chi connectivity index (χ1) is 9.74. The molecule has 1 heterocycles. The number of carbonyl (C=O) groups is 1. The van der Waals surface area contributed by atoms with Crippen molar-refractivity contribution in [3.05, 3.63) is 29.8 Å². The molecule has 4 nitrogen and oxygen atoms in total. The summed E-state index contributed by atoms with van der Waals surface area (Å²) in [5.74, 6) is 0.918. The third kappa shape index (κ3) is 2.80. The summed E-state index contributed by atoms with van der Waals surface area (Å²) >= 11 is 0. The van der Waals surface area contributed by atoms with Gasteiger partial charge in [0.15, 0.2) is 0 Å². The van der Waals surface area contributed by atoms with E-state index in [1.165, 1.54) is 0 Å². The van der Waals surface area contributed by atoms with Gasteiger partial charge in [-0.05, 0) is 38.2 Å². The molecule has 0 spiro atoms. The Hall–Kier alpha value is -1.55. The van der Waals surface area contributed by atoms with E-state index in [1.807, 2.05) is 24.3 Å². The summed E-state index contributed by atoms with van der Waals surface area (Å²) in [6.07, 6.45) is 4.77. The Bertz CT molecular complexity index is 481. The van der Waals surface area contributed by atoms with Crippen molar-refractivity contribution >= 4 is 5.91 Å². The van der Waals surface area contributed by atoms with Crippen LogP contribution in [0.1, 0.15) is 43.6 Å². The molecule has 1 aromatic rings. The van der Waals surface area contributed by atoms with E-state index >= 15 is 0 Å². The predicted molar refractivity (Wildman–Crippen MR) is 77.7 cm³/mol. The Labute approximate surface area is 119 Å². The lowest BCUT2D eigenvalue weighted by molar-refractivity contribution is -0.124. The minimum atomic E-state index is -0.0736. The number of hydrogen-bond donors (Lipinski definition) is 2. The van der Waals surface area contributed by atoms with Gasteiger partial charge in [-0.3, -0.25) is 4.79 Å². The predicted octanol–water partition coefficient (Wildman–Crippen LogP) is 1.94. The molecule has 1 atom stereocenters. The van der Waals surface area contributed by atoms with Crippen molar-refractivity contribution in [1.82, 2.24) is 5.32 Å². The summed E-state index contributed by atoms with van der Waals surface area (Å²) < 4.78 is 5.61.